The van der Waals surface area contributed by atoms with Crippen molar-refractivity contribution >= 4 is 27.5 Å². The van der Waals surface area contributed by atoms with Crippen molar-refractivity contribution < 1.29 is 13.2 Å². The van der Waals surface area contributed by atoms with Crippen LogP contribution in [0.25, 0.3) is 0 Å². The third kappa shape index (κ3) is 3.46. The molecule has 1 aromatic carbocycles. The summed E-state index contributed by atoms with van der Waals surface area (Å²) in [4.78, 5) is 14.9. The Balaban J connectivity index is 1.79. The zero-order valence-corrected chi connectivity index (χ0v) is 15.4. The van der Waals surface area contributed by atoms with Gasteiger partial charge < -0.3 is 4.90 Å². The highest BCUT2D eigenvalue weighted by Crippen LogP contribution is 2.29. The number of piperidine rings is 1. The Labute approximate surface area is 148 Å². The average Bonchev–Trinajstić information content (AvgIpc) is 3.06. The van der Waals surface area contributed by atoms with Crippen LogP contribution in [0.1, 0.15) is 32.6 Å². The molecule has 0 radical (unpaired) electrons. The van der Waals surface area contributed by atoms with Gasteiger partial charge in [-0.1, -0.05) is 18.5 Å². The van der Waals surface area contributed by atoms with E-state index in [1.165, 1.54) is 16.4 Å². The fourth-order valence-corrected chi connectivity index (χ4v) is 5.23. The monoisotopic (exact) mass is 370 g/mol. The molecule has 0 unspecified atom stereocenters. The number of benzene rings is 1. The first-order valence-corrected chi connectivity index (χ1v) is 10.3. The molecule has 1 amide bonds. The zero-order chi connectivity index (χ0) is 17.3. The molecule has 2 saturated heterocycles. The predicted octanol–water partition coefficient (Wildman–Crippen LogP) is 2.75. The maximum atomic E-state index is 12.9. The quantitative estimate of drug-likeness (QED) is 0.822. The Kier molecular flexibility index (Phi) is 5.18. The molecule has 3 rings (SSSR count). The molecule has 24 heavy (non-hydrogen) atoms. The number of halogens is 1. The van der Waals surface area contributed by atoms with Crippen molar-refractivity contribution in [3.8, 4) is 0 Å². The first-order chi connectivity index (χ1) is 11.4. The Morgan fingerprint density at radius 1 is 1.08 bits per heavy atom. The van der Waals surface area contributed by atoms with Crippen molar-refractivity contribution in [2.24, 2.45) is 5.92 Å². The lowest BCUT2D eigenvalue weighted by Crippen LogP contribution is -2.49. The van der Waals surface area contributed by atoms with E-state index in [1.54, 1.807) is 12.1 Å². The second-order valence-corrected chi connectivity index (χ2v) is 9.06. The van der Waals surface area contributed by atoms with Crippen LogP contribution in [0.4, 0.5) is 0 Å². The van der Waals surface area contributed by atoms with E-state index in [0.29, 0.717) is 30.3 Å². The van der Waals surface area contributed by atoms with Crippen LogP contribution in [-0.4, -0.2) is 49.2 Å². The van der Waals surface area contributed by atoms with E-state index in [1.807, 2.05) is 4.90 Å². The summed E-state index contributed by atoms with van der Waals surface area (Å²) in [6.45, 7) is 4.04. The van der Waals surface area contributed by atoms with Gasteiger partial charge in [-0.05, 0) is 55.9 Å². The molecule has 0 N–H and O–H groups in total. The van der Waals surface area contributed by atoms with Gasteiger partial charge in [-0.15, -0.1) is 0 Å². The lowest BCUT2D eigenvalue weighted by Gasteiger charge is -2.34. The molecule has 1 aromatic rings. The molecule has 1 atom stereocenters. The summed E-state index contributed by atoms with van der Waals surface area (Å²) in [6, 6.07) is 5.56. The molecule has 132 valence electrons. The average molecular weight is 371 g/mol. The second-order valence-electron chi connectivity index (χ2n) is 6.74. The van der Waals surface area contributed by atoms with Crippen LogP contribution in [0.2, 0.25) is 5.02 Å². The fraction of sp³-hybridized carbons (Fsp3) is 0.588. The molecule has 0 saturated carbocycles. The van der Waals surface area contributed by atoms with Crippen molar-refractivity contribution in [2.45, 2.75) is 43.5 Å². The van der Waals surface area contributed by atoms with E-state index in [2.05, 4.69) is 6.92 Å². The third-order valence-corrected chi connectivity index (χ3v) is 7.18. The Morgan fingerprint density at radius 3 is 2.33 bits per heavy atom. The maximum absolute atomic E-state index is 12.9. The molecule has 2 fully saturated rings. The normalized spacial score (nSPS) is 23.6. The standard InChI is InChI=1S/C17H23ClN2O3S/c1-13-8-11-19(12-9-13)17(21)16-3-2-10-20(16)24(22,23)15-6-4-14(18)5-7-15/h4-7,13,16H,2-3,8-12H2,1H3/t16-/m0/s1. The number of carbonyl (C=O) groups excluding carboxylic acids is 1. The Bertz CT molecular complexity index is 697. The van der Waals surface area contributed by atoms with Gasteiger partial charge in [0.2, 0.25) is 15.9 Å². The molecule has 2 heterocycles. The minimum Gasteiger partial charge on any atom is -0.341 e. The predicted molar refractivity (Wildman–Crippen MR) is 93.3 cm³/mol. The summed E-state index contributed by atoms with van der Waals surface area (Å²) >= 11 is 5.84. The minimum atomic E-state index is -3.67. The molecule has 5 nitrogen and oxygen atoms in total. The van der Waals surface area contributed by atoms with Crippen LogP contribution in [0, 0.1) is 5.92 Å². The number of sulfonamides is 1. The largest absolute Gasteiger partial charge is 0.341 e. The fourth-order valence-electron chi connectivity index (χ4n) is 3.46. The molecular weight excluding hydrogens is 348 g/mol. The van der Waals surface area contributed by atoms with E-state index in [4.69, 9.17) is 11.6 Å². The number of nitrogens with zero attached hydrogens (tertiary/aromatic N) is 2. The first-order valence-electron chi connectivity index (χ1n) is 8.46. The minimum absolute atomic E-state index is 0.0445. The highest BCUT2D eigenvalue weighted by atomic mass is 35.5. The van der Waals surface area contributed by atoms with Crippen LogP contribution in [0.5, 0.6) is 0 Å². The Hall–Kier alpha value is -1.11. The van der Waals surface area contributed by atoms with Crippen LogP contribution >= 0.6 is 11.6 Å². The van der Waals surface area contributed by atoms with E-state index < -0.39 is 16.1 Å². The maximum Gasteiger partial charge on any atom is 0.243 e. The van der Waals surface area contributed by atoms with Gasteiger partial charge in [0.05, 0.1) is 4.90 Å². The summed E-state index contributed by atoms with van der Waals surface area (Å²) in [5.74, 6) is 0.587. The van der Waals surface area contributed by atoms with Crippen LogP contribution < -0.4 is 0 Å². The van der Waals surface area contributed by atoms with Gasteiger partial charge in [-0.2, -0.15) is 4.31 Å². The summed E-state index contributed by atoms with van der Waals surface area (Å²) in [6.07, 6.45) is 3.29. The molecule has 2 aliphatic heterocycles. The molecular formula is C17H23ClN2O3S. The van der Waals surface area contributed by atoms with Crippen molar-refractivity contribution in [3.05, 3.63) is 29.3 Å². The van der Waals surface area contributed by atoms with E-state index in [0.717, 1.165) is 25.9 Å². The number of amides is 1. The van der Waals surface area contributed by atoms with E-state index in [9.17, 15) is 13.2 Å². The Morgan fingerprint density at radius 2 is 1.71 bits per heavy atom. The van der Waals surface area contributed by atoms with Gasteiger partial charge >= 0.3 is 0 Å². The van der Waals surface area contributed by atoms with E-state index in [-0.39, 0.29) is 10.8 Å². The van der Waals surface area contributed by atoms with Crippen LogP contribution in [0.3, 0.4) is 0 Å². The van der Waals surface area contributed by atoms with Crippen molar-refractivity contribution in [1.82, 2.24) is 9.21 Å². The summed E-state index contributed by atoms with van der Waals surface area (Å²) in [5.41, 5.74) is 0. The molecule has 0 bridgehead atoms. The van der Waals surface area contributed by atoms with Gasteiger partial charge in [0.15, 0.2) is 0 Å². The third-order valence-electron chi connectivity index (χ3n) is 5.00. The van der Waals surface area contributed by atoms with Crippen molar-refractivity contribution in [1.29, 1.82) is 0 Å². The van der Waals surface area contributed by atoms with Gasteiger partial charge in [-0.25, -0.2) is 8.42 Å². The lowest BCUT2D eigenvalue weighted by atomic mass is 9.98. The highest BCUT2D eigenvalue weighted by Gasteiger charge is 2.41. The van der Waals surface area contributed by atoms with Gasteiger partial charge in [0.1, 0.15) is 6.04 Å². The number of hydrogen-bond acceptors (Lipinski definition) is 3. The molecule has 0 spiro atoms. The summed E-state index contributed by atoms with van der Waals surface area (Å²) in [5, 5.41) is 0.491. The lowest BCUT2D eigenvalue weighted by molar-refractivity contribution is -0.135. The van der Waals surface area contributed by atoms with E-state index >= 15 is 0 Å². The van der Waals surface area contributed by atoms with Crippen LogP contribution in [0.15, 0.2) is 29.2 Å². The molecule has 7 heteroatoms. The van der Waals surface area contributed by atoms with Crippen molar-refractivity contribution in [3.63, 3.8) is 0 Å². The zero-order valence-electron chi connectivity index (χ0n) is 13.8. The summed E-state index contributed by atoms with van der Waals surface area (Å²) in [7, 11) is -3.67. The SMILES string of the molecule is CC1CCN(C(=O)[C@@H]2CCCN2S(=O)(=O)c2ccc(Cl)cc2)CC1. The number of hydrogen-bond donors (Lipinski definition) is 0. The van der Waals surface area contributed by atoms with Gasteiger partial charge in [-0.3, -0.25) is 4.79 Å². The van der Waals surface area contributed by atoms with Crippen LogP contribution in [-0.2, 0) is 14.8 Å². The molecule has 2 aliphatic rings. The second kappa shape index (κ2) is 7.02. The smallest absolute Gasteiger partial charge is 0.243 e. The molecule has 0 aromatic heterocycles. The highest BCUT2D eigenvalue weighted by molar-refractivity contribution is 7.89. The van der Waals surface area contributed by atoms with Crippen molar-refractivity contribution in [2.75, 3.05) is 19.6 Å². The molecule has 0 aliphatic carbocycles. The first kappa shape index (κ1) is 17.7. The summed E-state index contributed by atoms with van der Waals surface area (Å²) < 4.78 is 27.2. The number of rotatable bonds is 3. The topological polar surface area (TPSA) is 57.7 Å². The number of carbonyl (C=O) groups is 1. The van der Waals surface area contributed by atoms with Gasteiger partial charge in [0.25, 0.3) is 0 Å². The number of likely N-dealkylation sites (tertiary alicyclic amines) is 1. The van der Waals surface area contributed by atoms with Gasteiger partial charge in [0, 0.05) is 24.7 Å².